The van der Waals surface area contributed by atoms with Crippen LogP contribution in [0.3, 0.4) is 0 Å². The summed E-state index contributed by atoms with van der Waals surface area (Å²) in [5, 5.41) is 7.19. The summed E-state index contributed by atoms with van der Waals surface area (Å²) in [4.78, 5) is 16.2. The number of amides is 1. The summed E-state index contributed by atoms with van der Waals surface area (Å²) < 4.78 is 38.1. The van der Waals surface area contributed by atoms with E-state index in [0.29, 0.717) is 16.4 Å². The molecule has 0 aliphatic rings. The summed E-state index contributed by atoms with van der Waals surface area (Å²) in [6.45, 7) is -0.537. The van der Waals surface area contributed by atoms with Crippen LogP contribution in [0, 0.1) is 0 Å². The van der Waals surface area contributed by atoms with Crippen molar-refractivity contribution < 1.29 is 18.0 Å². The normalized spacial score (nSPS) is 12.4. The van der Waals surface area contributed by atoms with E-state index < -0.39 is 25.0 Å². The molecule has 2 rings (SSSR count). The number of nitrogens with two attached hydrogens (primary N) is 2. The summed E-state index contributed by atoms with van der Waals surface area (Å²) in [5.41, 5.74) is 6.15. The van der Waals surface area contributed by atoms with E-state index in [4.69, 9.17) is 11.6 Å². The second-order valence-electron chi connectivity index (χ2n) is 4.85. The van der Waals surface area contributed by atoms with Crippen LogP contribution in [0.5, 0.6) is 0 Å². The van der Waals surface area contributed by atoms with Gasteiger partial charge in [0.1, 0.15) is 5.70 Å². The maximum atomic E-state index is 12.2. The molecule has 0 unspecified atom stereocenters. The molecule has 2 heterocycles. The monoisotopic (exact) mass is 343 g/mol. The van der Waals surface area contributed by atoms with Gasteiger partial charge < -0.3 is 16.1 Å². The van der Waals surface area contributed by atoms with Gasteiger partial charge in [-0.3, -0.25) is 4.79 Å². The molecule has 0 fully saturated rings. The predicted molar refractivity (Wildman–Crippen MR) is 78.7 cm³/mol. The standard InChI is InChI=1S/C13H16F3N7O/c14-13(15,16)3-5-22(18)10(6-17)12(24)19-7-9-8-23-11(21-9)2-1-4-20-23/h1-2,4,6,8H,3,5,7,17-18H2,(H,19,24)/b10-6-. The number of hydrogen-bond donors (Lipinski definition) is 3. The van der Waals surface area contributed by atoms with Crippen LogP contribution in [0.1, 0.15) is 12.1 Å². The summed E-state index contributed by atoms with van der Waals surface area (Å²) >= 11 is 0. The van der Waals surface area contributed by atoms with Crippen LogP contribution in [-0.4, -0.2) is 38.2 Å². The zero-order valence-corrected chi connectivity index (χ0v) is 12.5. The van der Waals surface area contributed by atoms with Gasteiger partial charge in [-0.25, -0.2) is 15.3 Å². The molecular weight excluding hydrogens is 327 g/mol. The van der Waals surface area contributed by atoms with Crippen molar-refractivity contribution in [3.63, 3.8) is 0 Å². The number of rotatable bonds is 6. The zero-order valence-electron chi connectivity index (χ0n) is 12.5. The summed E-state index contributed by atoms with van der Waals surface area (Å²) in [7, 11) is 0. The van der Waals surface area contributed by atoms with Crippen LogP contribution >= 0.6 is 0 Å². The molecule has 11 heteroatoms. The molecule has 0 aliphatic carbocycles. The minimum atomic E-state index is -4.38. The number of nitrogens with zero attached hydrogens (tertiary/aromatic N) is 4. The molecular formula is C13H16F3N7O. The van der Waals surface area contributed by atoms with E-state index in [-0.39, 0.29) is 12.2 Å². The Morgan fingerprint density at radius 1 is 1.46 bits per heavy atom. The topological polar surface area (TPSA) is 115 Å². The number of halogens is 3. The predicted octanol–water partition coefficient (Wildman–Crippen LogP) is 0.274. The first-order chi connectivity index (χ1) is 11.3. The fourth-order valence-corrected chi connectivity index (χ4v) is 1.90. The molecule has 1 amide bonds. The maximum absolute atomic E-state index is 12.2. The van der Waals surface area contributed by atoms with Crippen molar-refractivity contribution in [2.45, 2.75) is 19.1 Å². The number of aromatic nitrogens is 3. The third-order valence-electron chi connectivity index (χ3n) is 3.05. The van der Waals surface area contributed by atoms with Gasteiger partial charge >= 0.3 is 6.18 Å². The Hall–Kier alpha value is -2.82. The number of carbonyl (C=O) groups excluding carboxylic acids is 1. The van der Waals surface area contributed by atoms with Crippen LogP contribution in [-0.2, 0) is 11.3 Å². The van der Waals surface area contributed by atoms with Gasteiger partial charge in [-0.15, -0.1) is 0 Å². The second-order valence-corrected chi connectivity index (χ2v) is 4.85. The second kappa shape index (κ2) is 7.17. The molecule has 0 atom stereocenters. The number of carbonyl (C=O) groups is 1. The highest BCUT2D eigenvalue weighted by molar-refractivity contribution is 5.92. The molecule has 2 aromatic rings. The van der Waals surface area contributed by atoms with Crippen molar-refractivity contribution in [2.24, 2.45) is 11.6 Å². The summed E-state index contributed by atoms with van der Waals surface area (Å²) in [6, 6.07) is 3.45. The van der Waals surface area contributed by atoms with Crippen molar-refractivity contribution in [2.75, 3.05) is 6.54 Å². The Kier molecular flexibility index (Phi) is 5.24. The Labute approximate surface area is 134 Å². The number of hydrogen-bond acceptors (Lipinski definition) is 6. The van der Waals surface area contributed by atoms with Crippen molar-refractivity contribution in [3.8, 4) is 0 Å². The van der Waals surface area contributed by atoms with E-state index in [1.165, 1.54) is 4.52 Å². The number of nitrogens with one attached hydrogen (secondary N) is 1. The molecule has 8 nitrogen and oxygen atoms in total. The van der Waals surface area contributed by atoms with Crippen molar-refractivity contribution in [3.05, 3.63) is 42.1 Å². The molecule has 0 bridgehead atoms. The van der Waals surface area contributed by atoms with E-state index in [2.05, 4.69) is 15.4 Å². The van der Waals surface area contributed by atoms with Gasteiger partial charge in [0.05, 0.1) is 24.9 Å². The highest BCUT2D eigenvalue weighted by atomic mass is 19.4. The minimum absolute atomic E-state index is 0.0483. The lowest BCUT2D eigenvalue weighted by atomic mass is 10.3. The molecule has 0 saturated carbocycles. The van der Waals surface area contributed by atoms with E-state index in [9.17, 15) is 18.0 Å². The van der Waals surface area contributed by atoms with Crippen LogP contribution in [0.2, 0.25) is 0 Å². The van der Waals surface area contributed by atoms with Crippen LogP contribution < -0.4 is 16.9 Å². The summed E-state index contributed by atoms with van der Waals surface area (Å²) in [6.07, 6.45) is -1.48. The Balaban J connectivity index is 1.94. The van der Waals surface area contributed by atoms with Gasteiger partial charge in [0.15, 0.2) is 5.65 Å². The maximum Gasteiger partial charge on any atom is 0.390 e. The first-order valence-corrected chi connectivity index (χ1v) is 6.88. The highest BCUT2D eigenvalue weighted by Crippen LogP contribution is 2.19. The zero-order chi connectivity index (χ0) is 17.7. The molecule has 0 spiro atoms. The third-order valence-corrected chi connectivity index (χ3v) is 3.05. The lowest BCUT2D eigenvalue weighted by Gasteiger charge is -2.21. The largest absolute Gasteiger partial charge is 0.403 e. The average molecular weight is 343 g/mol. The van der Waals surface area contributed by atoms with Gasteiger partial charge in [0, 0.05) is 18.9 Å². The molecule has 130 valence electrons. The quantitative estimate of drug-likeness (QED) is 0.394. The van der Waals surface area contributed by atoms with Crippen molar-refractivity contribution in [1.29, 1.82) is 0 Å². The van der Waals surface area contributed by atoms with Crippen LogP contribution in [0.15, 0.2) is 36.4 Å². The van der Waals surface area contributed by atoms with Gasteiger partial charge in [-0.05, 0) is 12.1 Å². The number of imidazole rings is 1. The first kappa shape index (κ1) is 17.5. The van der Waals surface area contributed by atoms with Gasteiger partial charge in [-0.1, -0.05) is 0 Å². The molecule has 0 saturated heterocycles. The number of fused-ring (bicyclic) bond motifs is 1. The number of alkyl halides is 3. The van der Waals surface area contributed by atoms with E-state index in [1.807, 2.05) is 0 Å². The molecule has 2 aromatic heterocycles. The van der Waals surface area contributed by atoms with Gasteiger partial charge in [0.2, 0.25) is 0 Å². The molecule has 0 radical (unpaired) electrons. The smallest absolute Gasteiger partial charge is 0.390 e. The van der Waals surface area contributed by atoms with Gasteiger partial charge in [0.25, 0.3) is 5.91 Å². The van der Waals surface area contributed by atoms with Crippen LogP contribution in [0.25, 0.3) is 5.65 Å². The van der Waals surface area contributed by atoms with Crippen molar-refractivity contribution >= 4 is 11.6 Å². The molecule has 0 aliphatic heterocycles. The molecule has 24 heavy (non-hydrogen) atoms. The summed E-state index contributed by atoms with van der Waals surface area (Å²) in [5.74, 6) is 4.76. The lowest BCUT2D eigenvalue weighted by molar-refractivity contribution is -0.138. The van der Waals surface area contributed by atoms with Gasteiger partial charge in [-0.2, -0.15) is 18.3 Å². The Morgan fingerprint density at radius 3 is 2.83 bits per heavy atom. The third kappa shape index (κ3) is 4.59. The van der Waals surface area contributed by atoms with Crippen molar-refractivity contribution in [1.82, 2.24) is 24.9 Å². The highest BCUT2D eigenvalue weighted by Gasteiger charge is 2.28. The Bertz CT molecular complexity index is 707. The van der Waals surface area contributed by atoms with Crippen LogP contribution in [0.4, 0.5) is 13.2 Å². The first-order valence-electron chi connectivity index (χ1n) is 6.88. The Morgan fingerprint density at radius 2 is 2.21 bits per heavy atom. The lowest BCUT2D eigenvalue weighted by Crippen LogP contribution is -2.41. The van der Waals surface area contributed by atoms with E-state index in [0.717, 1.165) is 6.20 Å². The SMILES string of the molecule is N/C=C(/C(=O)NCc1cn2ncccc2n1)N(N)CCC(F)(F)F. The molecule has 0 aromatic carbocycles. The fourth-order valence-electron chi connectivity index (χ4n) is 1.90. The fraction of sp³-hybridized carbons (Fsp3) is 0.308. The minimum Gasteiger partial charge on any atom is -0.403 e. The van der Waals surface area contributed by atoms with E-state index in [1.54, 1.807) is 24.5 Å². The number of hydrazine groups is 1. The molecule has 5 N–H and O–H groups in total. The average Bonchev–Trinajstić information content (AvgIpc) is 2.94. The van der Waals surface area contributed by atoms with E-state index >= 15 is 0 Å².